The molecule has 5 nitrogen and oxygen atoms in total. The summed E-state index contributed by atoms with van der Waals surface area (Å²) in [7, 11) is -3.68. The second-order valence-electron chi connectivity index (χ2n) is 4.79. The van der Waals surface area contributed by atoms with Crippen molar-refractivity contribution in [2.75, 3.05) is 16.6 Å². The SMILES string of the molecule is C=CCNc1cccc(S(=O)(=O)Nc2nc3ccccc3s2)c1. The third kappa shape index (κ3) is 3.52. The average molecular weight is 345 g/mol. The maximum Gasteiger partial charge on any atom is 0.263 e. The van der Waals surface area contributed by atoms with Gasteiger partial charge in [0.1, 0.15) is 0 Å². The lowest BCUT2D eigenvalue weighted by Crippen LogP contribution is -2.13. The van der Waals surface area contributed by atoms with Gasteiger partial charge >= 0.3 is 0 Å². The van der Waals surface area contributed by atoms with E-state index in [1.807, 2.05) is 24.3 Å². The standard InChI is InChI=1S/C16H15N3O2S2/c1-2-10-17-12-6-5-7-13(11-12)23(20,21)19-16-18-14-8-3-4-9-15(14)22-16/h2-9,11,17H,1,10H2,(H,18,19). The fraction of sp³-hybridized carbons (Fsp3) is 0.0625. The minimum absolute atomic E-state index is 0.186. The summed E-state index contributed by atoms with van der Waals surface area (Å²) in [5, 5.41) is 3.43. The van der Waals surface area contributed by atoms with Crippen LogP contribution in [0.5, 0.6) is 0 Å². The number of aromatic nitrogens is 1. The van der Waals surface area contributed by atoms with Gasteiger partial charge in [0.15, 0.2) is 5.13 Å². The topological polar surface area (TPSA) is 71.1 Å². The first-order chi connectivity index (χ1) is 11.1. The Labute approximate surface area is 138 Å². The van der Waals surface area contributed by atoms with E-state index in [-0.39, 0.29) is 4.90 Å². The van der Waals surface area contributed by atoms with Crippen LogP contribution < -0.4 is 10.0 Å². The summed E-state index contributed by atoms with van der Waals surface area (Å²) < 4.78 is 28.5. The number of nitrogens with zero attached hydrogens (tertiary/aromatic N) is 1. The number of hydrogen-bond acceptors (Lipinski definition) is 5. The highest BCUT2D eigenvalue weighted by Gasteiger charge is 2.17. The van der Waals surface area contributed by atoms with Gasteiger partial charge in [0.25, 0.3) is 10.0 Å². The molecule has 3 rings (SSSR count). The molecule has 0 spiro atoms. The maximum absolute atomic E-state index is 12.5. The lowest BCUT2D eigenvalue weighted by atomic mass is 10.3. The summed E-state index contributed by atoms with van der Waals surface area (Å²) in [6, 6.07) is 14.2. The molecule has 0 bridgehead atoms. The summed E-state index contributed by atoms with van der Waals surface area (Å²) >= 11 is 1.31. The molecule has 0 unspecified atom stereocenters. The lowest BCUT2D eigenvalue weighted by Gasteiger charge is -2.08. The van der Waals surface area contributed by atoms with Crippen LogP contribution in [-0.2, 0) is 10.0 Å². The monoisotopic (exact) mass is 345 g/mol. The molecule has 0 aliphatic rings. The molecular weight excluding hydrogens is 330 g/mol. The van der Waals surface area contributed by atoms with E-state index in [0.29, 0.717) is 11.7 Å². The van der Waals surface area contributed by atoms with Gasteiger partial charge in [-0.2, -0.15) is 0 Å². The van der Waals surface area contributed by atoms with Crippen LogP contribution in [0, 0.1) is 0 Å². The van der Waals surface area contributed by atoms with Gasteiger partial charge in [-0.15, -0.1) is 6.58 Å². The van der Waals surface area contributed by atoms with Crippen molar-refractivity contribution in [1.29, 1.82) is 0 Å². The summed E-state index contributed by atoms with van der Waals surface area (Å²) in [5.74, 6) is 0. The van der Waals surface area contributed by atoms with Crippen molar-refractivity contribution in [2.24, 2.45) is 0 Å². The zero-order chi connectivity index (χ0) is 16.3. The van der Waals surface area contributed by atoms with Gasteiger partial charge in [0.2, 0.25) is 0 Å². The van der Waals surface area contributed by atoms with Gasteiger partial charge < -0.3 is 5.32 Å². The van der Waals surface area contributed by atoms with Crippen molar-refractivity contribution in [3.8, 4) is 0 Å². The van der Waals surface area contributed by atoms with Crippen molar-refractivity contribution in [2.45, 2.75) is 4.90 Å². The number of sulfonamides is 1. The Morgan fingerprint density at radius 1 is 1.17 bits per heavy atom. The highest BCUT2D eigenvalue weighted by molar-refractivity contribution is 7.93. The molecule has 0 saturated carbocycles. The van der Waals surface area contributed by atoms with E-state index in [1.165, 1.54) is 11.3 Å². The Bertz CT molecular complexity index is 916. The van der Waals surface area contributed by atoms with Gasteiger partial charge in [-0.1, -0.05) is 35.6 Å². The van der Waals surface area contributed by atoms with Crippen LogP contribution in [0.25, 0.3) is 10.2 Å². The zero-order valence-electron chi connectivity index (χ0n) is 12.2. The molecule has 0 fully saturated rings. The number of nitrogens with one attached hydrogen (secondary N) is 2. The Kier molecular flexibility index (Phi) is 4.31. The highest BCUT2D eigenvalue weighted by atomic mass is 32.2. The van der Waals surface area contributed by atoms with E-state index in [2.05, 4.69) is 21.6 Å². The van der Waals surface area contributed by atoms with E-state index in [4.69, 9.17) is 0 Å². The third-order valence-electron chi connectivity index (χ3n) is 3.11. The van der Waals surface area contributed by atoms with Crippen LogP contribution in [0.15, 0.2) is 66.1 Å². The van der Waals surface area contributed by atoms with Crippen molar-refractivity contribution in [3.05, 3.63) is 61.2 Å². The third-order valence-corrected chi connectivity index (χ3v) is 5.53. The fourth-order valence-corrected chi connectivity index (χ4v) is 4.20. The zero-order valence-corrected chi connectivity index (χ0v) is 13.8. The van der Waals surface area contributed by atoms with Gasteiger partial charge in [0, 0.05) is 12.2 Å². The number of anilines is 2. The second kappa shape index (κ2) is 6.39. The molecule has 23 heavy (non-hydrogen) atoms. The highest BCUT2D eigenvalue weighted by Crippen LogP contribution is 2.27. The predicted molar refractivity (Wildman–Crippen MR) is 95.6 cm³/mol. The smallest absolute Gasteiger partial charge is 0.263 e. The Balaban J connectivity index is 1.87. The van der Waals surface area contributed by atoms with Gasteiger partial charge in [-0.3, -0.25) is 4.72 Å². The average Bonchev–Trinajstić information content (AvgIpc) is 2.94. The molecule has 0 amide bonds. The number of hydrogen-bond donors (Lipinski definition) is 2. The van der Waals surface area contributed by atoms with Crippen molar-refractivity contribution in [3.63, 3.8) is 0 Å². The molecule has 1 heterocycles. The summed E-state index contributed by atoms with van der Waals surface area (Å²) in [6.07, 6.45) is 1.71. The fourth-order valence-electron chi connectivity index (χ4n) is 2.05. The molecule has 118 valence electrons. The van der Waals surface area contributed by atoms with Gasteiger partial charge in [0.05, 0.1) is 15.1 Å². The summed E-state index contributed by atoms with van der Waals surface area (Å²) in [5.41, 5.74) is 1.49. The molecule has 0 saturated heterocycles. The molecular formula is C16H15N3O2S2. The van der Waals surface area contributed by atoms with Crippen LogP contribution in [0.3, 0.4) is 0 Å². The molecule has 0 radical (unpaired) electrons. The molecule has 3 aromatic rings. The van der Waals surface area contributed by atoms with Crippen LogP contribution >= 0.6 is 11.3 Å². The second-order valence-corrected chi connectivity index (χ2v) is 7.50. The minimum atomic E-state index is -3.68. The number of thiazole rings is 1. The molecule has 0 atom stereocenters. The van der Waals surface area contributed by atoms with Gasteiger partial charge in [-0.25, -0.2) is 13.4 Å². The van der Waals surface area contributed by atoms with Crippen LogP contribution in [0.4, 0.5) is 10.8 Å². The largest absolute Gasteiger partial charge is 0.382 e. The lowest BCUT2D eigenvalue weighted by molar-refractivity contribution is 0.601. The summed E-state index contributed by atoms with van der Waals surface area (Å²) in [4.78, 5) is 4.48. The number of rotatable bonds is 6. The van der Waals surface area contributed by atoms with Crippen molar-refractivity contribution < 1.29 is 8.42 Å². The summed E-state index contributed by atoms with van der Waals surface area (Å²) in [6.45, 7) is 4.19. The van der Waals surface area contributed by atoms with E-state index in [9.17, 15) is 8.42 Å². The van der Waals surface area contributed by atoms with Crippen molar-refractivity contribution in [1.82, 2.24) is 4.98 Å². The Morgan fingerprint density at radius 3 is 2.78 bits per heavy atom. The maximum atomic E-state index is 12.5. The molecule has 0 aliphatic carbocycles. The number of fused-ring (bicyclic) bond motifs is 1. The number of benzene rings is 2. The normalized spacial score (nSPS) is 11.3. The van der Waals surface area contributed by atoms with Crippen LogP contribution in [-0.4, -0.2) is 19.9 Å². The van der Waals surface area contributed by atoms with E-state index in [0.717, 1.165) is 15.9 Å². The molecule has 0 aliphatic heterocycles. The first kappa shape index (κ1) is 15.5. The van der Waals surface area contributed by atoms with Gasteiger partial charge in [-0.05, 0) is 30.3 Å². The minimum Gasteiger partial charge on any atom is -0.382 e. The van der Waals surface area contributed by atoms with E-state index >= 15 is 0 Å². The van der Waals surface area contributed by atoms with Crippen LogP contribution in [0.1, 0.15) is 0 Å². The quantitative estimate of drug-likeness (QED) is 0.668. The molecule has 1 aromatic heterocycles. The van der Waals surface area contributed by atoms with E-state index in [1.54, 1.807) is 30.3 Å². The number of para-hydroxylation sites is 1. The molecule has 2 N–H and O–H groups in total. The van der Waals surface area contributed by atoms with Crippen LogP contribution in [0.2, 0.25) is 0 Å². The Morgan fingerprint density at radius 2 is 2.00 bits per heavy atom. The molecule has 7 heteroatoms. The first-order valence-corrected chi connectivity index (χ1v) is 9.22. The Hall–Kier alpha value is -2.38. The van der Waals surface area contributed by atoms with E-state index < -0.39 is 10.0 Å². The first-order valence-electron chi connectivity index (χ1n) is 6.92. The van der Waals surface area contributed by atoms with Crippen molar-refractivity contribution >= 4 is 42.4 Å². The molecule has 2 aromatic carbocycles. The predicted octanol–water partition coefficient (Wildman–Crippen LogP) is 3.70.